The summed E-state index contributed by atoms with van der Waals surface area (Å²) in [7, 11) is 0. The molecule has 98 valence electrons. The minimum atomic E-state index is 0.682. The van der Waals surface area contributed by atoms with E-state index in [9.17, 15) is 0 Å². The summed E-state index contributed by atoms with van der Waals surface area (Å²) in [6, 6.07) is 2.36. The smallest absolute Gasteiger partial charge is 0.0510 e. The Morgan fingerprint density at radius 3 is 2.82 bits per heavy atom. The van der Waals surface area contributed by atoms with Crippen molar-refractivity contribution in [2.24, 2.45) is 5.92 Å². The van der Waals surface area contributed by atoms with Crippen LogP contribution in [0.2, 0.25) is 0 Å². The summed E-state index contributed by atoms with van der Waals surface area (Å²) in [5, 5.41) is 3.90. The first-order valence-corrected chi connectivity index (χ1v) is 7.44. The molecule has 2 aliphatic heterocycles. The maximum Gasteiger partial charge on any atom is 0.0510 e. The molecule has 3 heteroatoms. The van der Waals surface area contributed by atoms with Crippen molar-refractivity contribution in [1.82, 2.24) is 10.2 Å². The molecule has 2 saturated heterocycles. The number of nitrogens with zero attached hydrogens (tertiary/aromatic N) is 1. The van der Waals surface area contributed by atoms with Crippen LogP contribution in [-0.2, 0) is 4.74 Å². The van der Waals surface area contributed by atoms with Gasteiger partial charge in [-0.1, -0.05) is 6.92 Å². The Labute approximate surface area is 105 Å². The summed E-state index contributed by atoms with van der Waals surface area (Å²) >= 11 is 0. The molecule has 3 nitrogen and oxygen atoms in total. The fourth-order valence-corrected chi connectivity index (χ4v) is 3.45. The summed E-state index contributed by atoms with van der Waals surface area (Å²) in [6.45, 7) is 6.87. The summed E-state index contributed by atoms with van der Waals surface area (Å²) < 4.78 is 5.52. The molecule has 2 heterocycles. The highest BCUT2D eigenvalue weighted by Gasteiger charge is 2.35. The molecule has 1 N–H and O–H groups in total. The number of ether oxygens (including phenoxy) is 1. The molecule has 1 aliphatic carbocycles. The van der Waals surface area contributed by atoms with Gasteiger partial charge in [0.25, 0.3) is 0 Å². The molecule has 0 aromatic heterocycles. The molecule has 17 heavy (non-hydrogen) atoms. The molecule has 0 amide bonds. The molecular formula is C14H26N2O. The van der Waals surface area contributed by atoms with Crippen molar-refractivity contribution in [3.05, 3.63) is 0 Å². The lowest BCUT2D eigenvalue weighted by atomic mass is 9.96. The molecule has 3 atom stereocenters. The second kappa shape index (κ2) is 5.25. The molecule has 3 rings (SSSR count). The first kappa shape index (κ1) is 11.9. The van der Waals surface area contributed by atoms with E-state index in [1.54, 1.807) is 0 Å². The molecule has 3 unspecified atom stereocenters. The number of rotatable bonds is 5. The van der Waals surface area contributed by atoms with Crippen LogP contribution in [0.25, 0.3) is 0 Å². The third-order valence-electron chi connectivity index (χ3n) is 4.71. The average Bonchev–Trinajstić information content (AvgIpc) is 2.89. The van der Waals surface area contributed by atoms with E-state index in [4.69, 9.17) is 4.74 Å². The van der Waals surface area contributed by atoms with Crippen molar-refractivity contribution in [1.29, 1.82) is 0 Å². The van der Waals surface area contributed by atoms with Gasteiger partial charge in [0.05, 0.1) is 6.61 Å². The first-order valence-electron chi connectivity index (χ1n) is 7.44. The fourth-order valence-electron chi connectivity index (χ4n) is 3.45. The molecule has 3 fully saturated rings. The van der Waals surface area contributed by atoms with Crippen LogP contribution in [0.4, 0.5) is 0 Å². The second-order valence-electron chi connectivity index (χ2n) is 6.02. The van der Waals surface area contributed by atoms with E-state index in [1.807, 2.05) is 0 Å². The summed E-state index contributed by atoms with van der Waals surface area (Å²) in [5.41, 5.74) is 0. The highest BCUT2D eigenvalue weighted by atomic mass is 16.5. The monoisotopic (exact) mass is 238 g/mol. The maximum absolute atomic E-state index is 5.52. The zero-order chi connectivity index (χ0) is 11.7. The molecule has 0 bridgehead atoms. The van der Waals surface area contributed by atoms with Gasteiger partial charge in [-0.2, -0.15) is 0 Å². The van der Waals surface area contributed by atoms with Gasteiger partial charge >= 0.3 is 0 Å². The topological polar surface area (TPSA) is 24.5 Å². The Hall–Kier alpha value is -0.120. The number of nitrogens with one attached hydrogen (secondary N) is 1. The minimum absolute atomic E-state index is 0.682. The Bertz CT molecular complexity index is 249. The molecule has 0 aromatic carbocycles. The van der Waals surface area contributed by atoms with Crippen LogP contribution in [0.15, 0.2) is 0 Å². The van der Waals surface area contributed by atoms with Gasteiger partial charge in [-0.25, -0.2) is 0 Å². The minimum Gasteiger partial charge on any atom is -0.381 e. The SMILES string of the molecule is CCC(NC1CCN(C2CC2)C1)C1CCOC1. The third kappa shape index (κ3) is 2.83. The van der Waals surface area contributed by atoms with Gasteiger partial charge in [0, 0.05) is 37.8 Å². The Balaban J connectivity index is 1.47. The van der Waals surface area contributed by atoms with Crippen LogP contribution in [0, 0.1) is 5.92 Å². The summed E-state index contributed by atoms with van der Waals surface area (Å²) in [4.78, 5) is 2.69. The lowest BCUT2D eigenvalue weighted by Gasteiger charge is -2.26. The number of hydrogen-bond donors (Lipinski definition) is 1. The first-order chi connectivity index (χ1) is 8.36. The van der Waals surface area contributed by atoms with Crippen molar-refractivity contribution in [3.63, 3.8) is 0 Å². The van der Waals surface area contributed by atoms with E-state index in [1.165, 1.54) is 45.2 Å². The van der Waals surface area contributed by atoms with Crippen LogP contribution in [0.5, 0.6) is 0 Å². The van der Waals surface area contributed by atoms with Gasteiger partial charge in [-0.05, 0) is 38.0 Å². The predicted molar refractivity (Wildman–Crippen MR) is 69.1 cm³/mol. The van der Waals surface area contributed by atoms with E-state index < -0.39 is 0 Å². The normalized spacial score (nSPS) is 36.5. The standard InChI is InChI=1S/C14H26N2O/c1-2-14(11-6-8-17-10-11)15-12-5-7-16(9-12)13-3-4-13/h11-15H,2-10H2,1H3. The van der Waals surface area contributed by atoms with Gasteiger partial charge in [0.1, 0.15) is 0 Å². The third-order valence-corrected chi connectivity index (χ3v) is 4.71. The zero-order valence-corrected chi connectivity index (χ0v) is 11.0. The fraction of sp³-hybridized carbons (Fsp3) is 1.00. The van der Waals surface area contributed by atoms with E-state index in [0.717, 1.165) is 31.2 Å². The van der Waals surface area contributed by atoms with Crippen molar-refractivity contribution in [2.45, 2.75) is 57.2 Å². The van der Waals surface area contributed by atoms with Crippen LogP contribution >= 0.6 is 0 Å². The van der Waals surface area contributed by atoms with Crippen LogP contribution in [0.1, 0.15) is 39.0 Å². The van der Waals surface area contributed by atoms with E-state index >= 15 is 0 Å². The van der Waals surface area contributed by atoms with Crippen molar-refractivity contribution >= 4 is 0 Å². The van der Waals surface area contributed by atoms with E-state index in [-0.39, 0.29) is 0 Å². The van der Waals surface area contributed by atoms with Crippen molar-refractivity contribution in [3.8, 4) is 0 Å². The molecule has 0 aromatic rings. The number of hydrogen-bond acceptors (Lipinski definition) is 3. The van der Waals surface area contributed by atoms with Crippen LogP contribution in [-0.4, -0.2) is 49.3 Å². The van der Waals surface area contributed by atoms with E-state index in [0.29, 0.717) is 6.04 Å². The average molecular weight is 238 g/mol. The summed E-state index contributed by atoms with van der Waals surface area (Å²) in [6.07, 6.45) is 6.74. The van der Waals surface area contributed by atoms with E-state index in [2.05, 4.69) is 17.1 Å². The number of likely N-dealkylation sites (tertiary alicyclic amines) is 1. The highest BCUT2D eigenvalue weighted by molar-refractivity contribution is 4.93. The molecule has 1 saturated carbocycles. The van der Waals surface area contributed by atoms with Crippen LogP contribution in [0.3, 0.4) is 0 Å². The Morgan fingerprint density at radius 2 is 2.18 bits per heavy atom. The van der Waals surface area contributed by atoms with Gasteiger partial charge in [-0.3, -0.25) is 4.90 Å². The van der Waals surface area contributed by atoms with Gasteiger partial charge in [0.15, 0.2) is 0 Å². The quantitative estimate of drug-likeness (QED) is 0.788. The largest absolute Gasteiger partial charge is 0.381 e. The van der Waals surface area contributed by atoms with Crippen LogP contribution < -0.4 is 5.32 Å². The Kier molecular flexibility index (Phi) is 3.69. The molecular weight excluding hydrogens is 212 g/mol. The van der Waals surface area contributed by atoms with Gasteiger partial charge < -0.3 is 10.1 Å². The van der Waals surface area contributed by atoms with Gasteiger partial charge in [-0.15, -0.1) is 0 Å². The van der Waals surface area contributed by atoms with Crippen molar-refractivity contribution in [2.75, 3.05) is 26.3 Å². The highest BCUT2D eigenvalue weighted by Crippen LogP contribution is 2.30. The van der Waals surface area contributed by atoms with Crippen molar-refractivity contribution < 1.29 is 4.74 Å². The maximum atomic E-state index is 5.52. The summed E-state index contributed by atoms with van der Waals surface area (Å²) in [5.74, 6) is 0.759. The predicted octanol–water partition coefficient (Wildman–Crippen LogP) is 1.63. The Morgan fingerprint density at radius 1 is 1.29 bits per heavy atom. The zero-order valence-electron chi connectivity index (χ0n) is 11.0. The van der Waals surface area contributed by atoms with Gasteiger partial charge in [0.2, 0.25) is 0 Å². The molecule has 0 radical (unpaired) electrons. The lowest BCUT2D eigenvalue weighted by Crippen LogP contribution is -2.44. The second-order valence-corrected chi connectivity index (χ2v) is 6.02. The lowest BCUT2D eigenvalue weighted by molar-refractivity contribution is 0.173. The molecule has 3 aliphatic rings. The molecule has 0 spiro atoms.